The summed E-state index contributed by atoms with van der Waals surface area (Å²) in [5.74, 6) is 0.628. The Kier molecular flexibility index (Phi) is 4.77. The van der Waals surface area contributed by atoms with Gasteiger partial charge in [-0.3, -0.25) is 10.1 Å². The summed E-state index contributed by atoms with van der Waals surface area (Å²) in [4.78, 5) is 10.1. The lowest BCUT2D eigenvalue weighted by Gasteiger charge is -2.11. The lowest BCUT2D eigenvalue weighted by atomic mass is 10.1. The molecule has 0 bridgehead atoms. The molecule has 5 heteroatoms. The summed E-state index contributed by atoms with van der Waals surface area (Å²) < 4.78 is 5.54. The molecule has 110 valence electrons. The van der Waals surface area contributed by atoms with Gasteiger partial charge in [0.25, 0.3) is 5.69 Å². The van der Waals surface area contributed by atoms with Gasteiger partial charge in [-0.05, 0) is 37.6 Å². The maximum absolute atomic E-state index is 10.5. The second-order valence-corrected chi connectivity index (χ2v) is 4.84. The molecule has 0 amide bonds. The largest absolute Gasteiger partial charge is 0.492 e. The molecule has 0 aliphatic heterocycles. The van der Waals surface area contributed by atoms with E-state index in [2.05, 4.69) is 37.4 Å². The first-order chi connectivity index (χ1) is 10.1. The van der Waals surface area contributed by atoms with Gasteiger partial charge in [-0.1, -0.05) is 17.7 Å². The number of ether oxygens (including phenoxy) is 1. The molecule has 0 atom stereocenters. The van der Waals surface area contributed by atoms with Crippen molar-refractivity contribution in [3.63, 3.8) is 0 Å². The third kappa shape index (κ3) is 4.21. The zero-order chi connectivity index (χ0) is 15.2. The van der Waals surface area contributed by atoms with E-state index in [4.69, 9.17) is 4.74 Å². The van der Waals surface area contributed by atoms with E-state index in [1.807, 2.05) is 0 Å². The Hall–Kier alpha value is -2.56. The van der Waals surface area contributed by atoms with Gasteiger partial charge < -0.3 is 10.1 Å². The molecule has 0 spiro atoms. The second kappa shape index (κ2) is 6.74. The van der Waals surface area contributed by atoms with E-state index < -0.39 is 4.92 Å². The Morgan fingerprint density at radius 3 is 2.48 bits per heavy atom. The summed E-state index contributed by atoms with van der Waals surface area (Å²) in [5, 5.41) is 13.8. The van der Waals surface area contributed by atoms with Crippen LogP contribution < -0.4 is 10.1 Å². The monoisotopic (exact) mass is 286 g/mol. The molecule has 2 aromatic carbocycles. The fourth-order valence-electron chi connectivity index (χ4n) is 2.03. The van der Waals surface area contributed by atoms with Crippen molar-refractivity contribution < 1.29 is 9.66 Å². The predicted molar refractivity (Wildman–Crippen MR) is 83.0 cm³/mol. The average molecular weight is 286 g/mol. The Labute approximate surface area is 123 Å². The number of nitro benzene ring substituents is 1. The minimum atomic E-state index is -0.425. The highest BCUT2D eigenvalue weighted by atomic mass is 16.6. The Balaban J connectivity index is 1.80. The van der Waals surface area contributed by atoms with E-state index in [0.717, 1.165) is 5.69 Å². The normalized spacial score (nSPS) is 10.2. The number of aryl methyl sites for hydroxylation is 2. The Bertz CT molecular complexity index is 624. The average Bonchev–Trinajstić information content (AvgIpc) is 2.46. The van der Waals surface area contributed by atoms with E-state index >= 15 is 0 Å². The molecule has 0 aromatic heterocycles. The van der Waals surface area contributed by atoms with Crippen LogP contribution in [0.15, 0.2) is 42.5 Å². The lowest BCUT2D eigenvalue weighted by Crippen LogP contribution is -2.12. The van der Waals surface area contributed by atoms with Crippen LogP contribution in [0.25, 0.3) is 0 Å². The summed E-state index contributed by atoms with van der Waals surface area (Å²) in [6, 6.07) is 12.3. The van der Waals surface area contributed by atoms with Crippen molar-refractivity contribution in [2.75, 3.05) is 18.5 Å². The number of hydrogen-bond acceptors (Lipinski definition) is 4. The molecule has 0 saturated heterocycles. The van der Waals surface area contributed by atoms with Gasteiger partial charge >= 0.3 is 0 Å². The van der Waals surface area contributed by atoms with Crippen LogP contribution in [0.4, 0.5) is 11.4 Å². The second-order valence-electron chi connectivity index (χ2n) is 4.84. The fourth-order valence-corrected chi connectivity index (χ4v) is 2.03. The van der Waals surface area contributed by atoms with Crippen molar-refractivity contribution in [1.82, 2.24) is 0 Å². The molecule has 0 heterocycles. The summed E-state index contributed by atoms with van der Waals surface area (Å²) in [6.45, 7) is 5.28. The SMILES string of the molecule is Cc1ccc(NCCOc2ccc([N+](=O)[O-])cc2)c(C)c1. The van der Waals surface area contributed by atoms with Gasteiger partial charge in [0.2, 0.25) is 0 Å². The highest BCUT2D eigenvalue weighted by Gasteiger charge is 2.04. The number of rotatable bonds is 6. The van der Waals surface area contributed by atoms with Gasteiger partial charge in [0.1, 0.15) is 12.4 Å². The molecule has 5 nitrogen and oxygen atoms in total. The maximum atomic E-state index is 10.5. The lowest BCUT2D eigenvalue weighted by molar-refractivity contribution is -0.384. The van der Waals surface area contributed by atoms with Crippen LogP contribution in [0.3, 0.4) is 0 Å². The van der Waals surface area contributed by atoms with Crippen LogP contribution in [-0.2, 0) is 0 Å². The molecule has 0 radical (unpaired) electrons. The zero-order valence-electron chi connectivity index (χ0n) is 12.1. The number of nitro groups is 1. The Morgan fingerprint density at radius 1 is 1.14 bits per heavy atom. The van der Waals surface area contributed by atoms with E-state index in [9.17, 15) is 10.1 Å². The van der Waals surface area contributed by atoms with Crippen molar-refractivity contribution in [2.24, 2.45) is 0 Å². The van der Waals surface area contributed by atoms with Crippen molar-refractivity contribution in [3.05, 3.63) is 63.7 Å². The summed E-state index contributed by atoms with van der Waals surface area (Å²) in [6.07, 6.45) is 0. The van der Waals surface area contributed by atoms with Gasteiger partial charge in [0.15, 0.2) is 0 Å². The molecule has 0 unspecified atom stereocenters. The van der Waals surface area contributed by atoms with Crippen molar-refractivity contribution in [1.29, 1.82) is 0 Å². The minimum absolute atomic E-state index is 0.0655. The molecule has 2 rings (SSSR count). The van der Waals surface area contributed by atoms with E-state index in [1.54, 1.807) is 12.1 Å². The molecule has 0 saturated carbocycles. The first-order valence-electron chi connectivity index (χ1n) is 6.74. The van der Waals surface area contributed by atoms with Crippen molar-refractivity contribution in [2.45, 2.75) is 13.8 Å². The molecular formula is C16H18N2O3. The number of nitrogens with one attached hydrogen (secondary N) is 1. The molecule has 0 fully saturated rings. The first kappa shape index (κ1) is 14.8. The molecular weight excluding hydrogens is 268 g/mol. The minimum Gasteiger partial charge on any atom is -0.492 e. The van der Waals surface area contributed by atoms with Crippen molar-refractivity contribution in [3.8, 4) is 5.75 Å². The standard InChI is InChI=1S/C16H18N2O3/c1-12-3-8-16(13(2)11-12)17-9-10-21-15-6-4-14(5-7-15)18(19)20/h3-8,11,17H,9-10H2,1-2H3. The predicted octanol–water partition coefficient (Wildman–Crippen LogP) is 3.70. The van der Waals surface area contributed by atoms with Crippen LogP contribution in [0.5, 0.6) is 5.75 Å². The van der Waals surface area contributed by atoms with Crippen LogP contribution in [0.1, 0.15) is 11.1 Å². The van der Waals surface area contributed by atoms with Gasteiger partial charge in [-0.25, -0.2) is 0 Å². The number of benzene rings is 2. The van der Waals surface area contributed by atoms with Gasteiger partial charge in [-0.2, -0.15) is 0 Å². The van der Waals surface area contributed by atoms with Gasteiger partial charge in [0.05, 0.1) is 4.92 Å². The van der Waals surface area contributed by atoms with E-state index in [0.29, 0.717) is 18.9 Å². The van der Waals surface area contributed by atoms with Crippen LogP contribution in [0, 0.1) is 24.0 Å². The quantitative estimate of drug-likeness (QED) is 0.499. The van der Waals surface area contributed by atoms with Gasteiger partial charge in [0, 0.05) is 24.4 Å². The number of nitrogens with zero attached hydrogens (tertiary/aromatic N) is 1. The number of anilines is 1. The smallest absolute Gasteiger partial charge is 0.269 e. The van der Waals surface area contributed by atoms with E-state index in [1.165, 1.54) is 23.3 Å². The third-order valence-electron chi connectivity index (χ3n) is 3.12. The first-order valence-corrected chi connectivity index (χ1v) is 6.74. The maximum Gasteiger partial charge on any atom is 0.269 e. The van der Waals surface area contributed by atoms with Crippen LogP contribution in [-0.4, -0.2) is 18.1 Å². The third-order valence-corrected chi connectivity index (χ3v) is 3.12. The molecule has 0 aliphatic carbocycles. The van der Waals surface area contributed by atoms with Crippen LogP contribution in [0.2, 0.25) is 0 Å². The van der Waals surface area contributed by atoms with E-state index in [-0.39, 0.29) is 5.69 Å². The number of hydrogen-bond donors (Lipinski definition) is 1. The highest BCUT2D eigenvalue weighted by molar-refractivity contribution is 5.51. The molecule has 2 aromatic rings. The van der Waals surface area contributed by atoms with Crippen LogP contribution >= 0.6 is 0 Å². The van der Waals surface area contributed by atoms with Gasteiger partial charge in [-0.15, -0.1) is 0 Å². The summed E-state index contributed by atoms with van der Waals surface area (Å²) in [7, 11) is 0. The van der Waals surface area contributed by atoms with Crippen molar-refractivity contribution >= 4 is 11.4 Å². The molecule has 1 N–H and O–H groups in total. The highest BCUT2D eigenvalue weighted by Crippen LogP contribution is 2.18. The zero-order valence-corrected chi connectivity index (χ0v) is 12.1. The molecule has 21 heavy (non-hydrogen) atoms. The molecule has 0 aliphatic rings. The topological polar surface area (TPSA) is 64.4 Å². The Morgan fingerprint density at radius 2 is 1.86 bits per heavy atom. The summed E-state index contributed by atoms with van der Waals surface area (Å²) >= 11 is 0. The summed E-state index contributed by atoms with van der Waals surface area (Å²) in [5.41, 5.74) is 3.59. The number of non-ortho nitro benzene ring substituents is 1. The fraction of sp³-hybridized carbons (Fsp3) is 0.250.